The summed E-state index contributed by atoms with van der Waals surface area (Å²) in [5, 5.41) is 9.04. The van der Waals surface area contributed by atoms with Crippen molar-refractivity contribution in [3.63, 3.8) is 0 Å². The molecule has 9 heteroatoms. The molecule has 0 saturated carbocycles. The van der Waals surface area contributed by atoms with E-state index in [-0.39, 0.29) is 18.1 Å². The predicted octanol–water partition coefficient (Wildman–Crippen LogP) is 5.37. The van der Waals surface area contributed by atoms with Crippen molar-refractivity contribution in [2.75, 3.05) is 6.61 Å². The second-order valence-corrected chi connectivity index (χ2v) is 6.18. The summed E-state index contributed by atoms with van der Waals surface area (Å²) >= 11 is 5.82. The maximum absolute atomic E-state index is 12.3. The number of ether oxygens (including phenoxy) is 3. The third-order valence-electron chi connectivity index (χ3n) is 3.55. The van der Waals surface area contributed by atoms with Crippen LogP contribution in [-0.2, 0) is 16.1 Å². The number of hydrogen-bond donors (Lipinski definition) is 1. The monoisotopic (exact) mass is 418 g/mol. The summed E-state index contributed by atoms with van der Waals surface area (Å²) in [6, 6.07) is 10.3. The Kier molecular flexibility index (Phi) is 7.53. The molecule has 2 aromatic rings. The fourth-order valence-electron chi connectivity index (χ4n) is 2.47. The summed E-state index contributed by atoms with van der Waals surface area (Å²) < 4.78 is 51.9. The van der Waals surface area contributed by atoms with Gasteiger partial charge in [-0.2, -0.15) is 0 Å². The molecule has 0 heterocycles. The Balaban J connectivity index is 2.04. The van der Waals surface area contributed by atoms with E-state index < -0.39 is 24.2 Å². The van der Waals surface area contributed by atoms with Crippen molar-refractivity contribution in [3.8, 4) is 11.5 Å². The zero-order chi connectivity index (χ0) is 20.7. The summed E-state index contributed by atoms with van der Waals surface area (Å²) in [4.78, 5) is 10.9. The molecule has 1 atom stereocenters. The minimum absolute atomic E-state index is 0.0296. The minimum Gasteiger partial charge on any atom is -0.489 e. The van der Waals surface area contributed by atoms with Gasteiger partial charge in [0.1, 0.15) is 18.1 Å². The van der Waals surface area contributed by atoms with E-state index in [0.717, 1.165) is 6.07 Å². The Morgan fingerprint density at radius 2 is 1.82 bits per heavy atom. The summed E-state index contributed by atoms with van der Waals surface area (Å²) in [6.45, 7) is 2.11. The SMILES string of the molecule is CCOC(CC(=O)O)c1ccc(OCc2cc(Cl)cc(OC(F)(F)F)c2)cc1. The van der Waals surface area contributed by atoms with Crippen molar-refractivity contribution in [3.05, 3.63) is 58.6 Å². The number of carbonyl (C=O) groups is 1. The van der Waals surface area contributed by atoms with E-state index in [0.29, 0.717) is 23.5 Å². The van der Waals surface area contributed by atoms with Crippen molar-refractivity contribution in [2.24, 2.45) is 0 Å². The van der Waals surface area contributed by atoms with E-state index in [1.807, 2.05) is 0 Å². The van der Waals surface area contributed by atoms with Gasteiger partial charge in [-0.25, -0.2) is 0 Å². The van der Waals surface area contributed by atoms with Crippen molar-refractivity contribution >= 4 is 17.6 Å². The largest absolute Gasteiger partial charge is 0.573 e. The molecule has 0 fully saturated rings. The number of alkyl halides is 3. The molecule has 2 rings (SSSR count). The highest BCUT2D eigenvalue weighted by Gasteiger charge is 2.31. The normalized spacial score (nSPS) is 12.5. The molecule has 1 unspecified atom stereocenters. The molecule has 152 valence electrons. The lowest BCUT2D eigenvalue weighted by molar-refractivity contribution is -0.274. The molecule has 0 bridgehead atoms. The standard InChI is InChI=1S/C19H18ClF3O5/c1-2-26-17(10-18(24)25)13-3-5-15(6-4-13)27-11-12-7-14(20)9-16(8-12)28-19(21,22)23/h3-9,17H,2,10-11H2,1H3,(H,24,25). The van der Waals surface area contributed by atoms with Gasteiger partial charge in [0.2, 0.25) is 0 Å². The van der Waals surface area contributed by atoms with Gasteiger partial charge in [0.05, 0.1) is 12.5 Å². The first-order chi connectivity index (χ1) is 13.2. The van der Waals surface area contributed by atoms with Crippen LogP contribution in [0.1, 0.15) is 30.6 Å². The van der Waals surface area contributed by atoms with Crippen LogP contribution in [0.15, 0.2) is 42.5 Å². The number of benzene rings is 2. The van der Waals surface area contributed by atoms with Crippen LogP contribution < -0.4 is 9.47 Å². The highest BCUT2D eigenvalue weighted by Crippen LogP contribution is 2.28. The van der Waals surface area contributed by atoms with Gasteiger partial charge in [0.15, 0.2) is 0 Å². The molecule has 0 saturated heterocycles. The molecule has 0 aliphatic carbocycles. The van der Waals surface area contributed by atoms with Crippen LogP contribution >= 0.6 is 11.6 Å². The maximum atomic E-state index is 12.3. The van der Waals surface area contributed by atoms with E-state index in [4.69, 9.17) is 26.2 Å². The number of carboxylic acid groups (broad SMARTS) is 1. The van der Waals surface area contributed by atoms with E-state index >= 15 is 0 Å². The summed E-state index contributed by atoms with van der Waals surface area (Å²) in [7, 11) is 0. The number of carboxylic acids is 1. The molecule has 0 aliphatic rings. The van der Waals surface area contributed by atoms with Gasteiger partial charge in [0, 0.05) is 11.6 Å². The molecule has 0 spiro atoms. The van der Waals surface area contributed by atoms with Crippen LogP contribution in [0.3, 0.4) is 0 Å². The second kappa shape index (κ2) is 9.66. The van der Waals surface area contributed by atoms with Gasteiger partial charge in [0.25, 0.3) is 0 Å². The topological polar surface area (TPSA) is 65.0 Å². The molecular weight excluding hydrogens is 401 g/mol. The average Bonchev–Trinajstić information content (AvgIpc) is 2.58. The predicted molar refractivity (Wildman–Crippen MR) is 95.5 cm³/mol. The van der Waals surface area contributed by atoms with Crippen LogP contribution in [0.5, 0.6) is 11.5 Å². The molecule has 1 N–H and O–H groups in total. The number of rotatable bonds is 9. The van der Waals surface area contributed by atoms with E-state index in [2.05, 4.69) is 4.74 Å². The van der Waals surface area contributed by atoms with Gasteiger partial charge < -0.3 is 19.3 Å². The first kappa shape index (κ1) is 21.8. The van der Waals surface area contributed by atoms with Gasteiger partial charge in [-0.05, 0) is 48.4 Å². The molecule has 0 radical (unpaired) electrons. The Morgan fingerprint density at radius 1 is 1.14 bits per heavy atom. The van der Waals surface area contributed by atoms with Gasteiger partial charge in [-0.15, -0.1) is 13.2 Å². The van der Waals surface area contributed by atoms with Crippen molar-refractivity contribution in [1.82, 2.24) is 0 Å². The van der Waals surface area contributed by atoms with Crippen LogP contribution in [0.4, 0.5) is 13.2 Å². The third-order valence-corrected chi connectivity index (χ3v) is 3.77. The Bertz CT molecular complexity index is 793. The van der Waals surface area contributed by atoms with Gasteiger partial charge >= 0.3 is 12.3 Å². The molecule has 0 amide bonds. The number of aliphatic carboxylic acids is 1. The number of hydrogen-bond acceptors (Lipinski definition) is 4. The molecular formula is C19H18ClF3O5. The quantitative estimate of drug-likeness (QED) is 0.593. The summed E-state index contributed by atoms with van der Waals surface area (Å²) in [6.07, 6.45) is -5.56. The minimum atomic E-state index is -4.81. The summed E-state index contributed by atoms with van der Waals surface area (Å²) in [5.41, 5.74) is 1.08. The first-order valence-corrected chi connectivity index (χ1v) is 8.65. The molecule has 5 nitrogen and oxygen atoms in total. The Hall–Kier alpha value is -2.45. The van der Waals surface area contributed by atoms with Crippen LogP contribution in [-0.4, -0.2) is 24.0 Å². The van der Waals surface area contributed by atoms with Crippen molar-refractivity contribution in [2.45, 2.75) is 32.4 Å². The van der Waals surface area contributed by atoms with Crippen molar-refractivity contribution in [1.29, 1.82) is 0 Å². The molecule has 28 heavy (non-hydrogen) atoms. The lowest BCUT2D eigenvalue weighted by atomic mass is 10.1. The lowest BCUT2D eigenvalue weighted by Crippen LogP contribution is -2.17. The zero-order valence-corrected chi connectivity index (χ0v) is 15.6. The Labute approximate surface area is 164 Å². The van der Waals surface area contributed by atoms with Crippen LogP contribution in [0.25, 0.3) is 0 Å². The van der Waals surface area contributed by atoms with Gasteiger partial charge in [-0.1, -0.05) is 23.7 Å². The lowest BCUT2D eigenvalue weighted by Gasteiger charge is -2.16. The highest BCUT2D eigenvalue weighted by molar-refractivity contribution is 6.30. The smallest absolute Gasteiger partial charge is 0.489 e. The summed E-state index contributed by atoms with van der Waals surface area (Å²) in [5.74, 6) is -0.952. The fourth-order valence-corrected chi connectivity index (χ4v) is 2.72. The number of halogens is 4. The fraction of sp³-hybridized carbons (Fsp3) is 0.316. The van der Waals surface area contributed by atoms with Crippen LogP contribution in [0, 0.1) is 0 Å². The van der Waals surface area contributed by atoms with E-state index in [1.54, 1.807) is 31.2 Å². The zero-order valence-electron chi connectivity index (χ0n) is 14.8. The maximum Gasteiger partial charge on any atom is 0.573 e. The van der Waals surface area contributed by atoms with Gasteiger partial charge in [-0.3, -0.25) is 4.79 Å². The second-order valence-electron chi connectivity index (χ2n) is 5.74. The molecule has 0 aromatic heterocycles. The molecule has 2 aromatic carbocycles. The van der Waals surface area contributed by atoms with E-state index in [9.17, 15) is 18.0 Å². The highest BCUT2D eigenvalue weighted by atomic mass is 35.5. The van der Waals surface area contributed by atoms with Crippen molar-refractivity contribution < 1.29 is 37.3 Å². The first-order valence-electron chi connectivity index (χ1n) is 8.27. The Morgan fingerprint density at radius 3 is 2.39 bits per heavy atom. The van der Waals surface area contributed by atoms with E-state index in [1.165, 1.54) is 12.1 Å². The third kappa shape index (κ3) is 7.28. The average molecular weight is 419 g/mol. The molecule has 0 aliphatic heterocycles. The van der Waals surface area contributed by atoms with Crippen LogP contribution in [0.2, 0.25) is 5.02 Å².